The molecule has 22 heavy (non-hydrogen) atoms. The third kappa shape index (κ3) is 3.14. The fraction of sp³-hybridized carbons (Fsp3) is 0.316. The molecular weight excluding hydrogens is 270 g/mol. The van der Waals surface area contributed by atoms with E-state index in [1.54, 1.807) is 0 Å². The summed E-state index contributed by atoms with van der Waals surface area (Å²) < 4.78 is 0. The molecule has 1 N–H and O–H groups in total. The molecule has 1 aliphatic rings. The van der Waals surface area contributed by atoms with Gasteiger partial charge in [0.1, 0.15) is 0 Å². The molecule has 1 aliphatic heterocycles. The lowest BCUT2D eigenvalue weighted by atomic mass is 9.97. The zero-order chi connectivity index (χ0) is 15.5. The van der Waals surface area contributed by atoms with Crippen molar-refractivity contribution in [3.63, 3.8) is 0 Å². The summed E-state index contributed by atoms with van der Waals surface area (Å²) in [4.78, 5) is 6.75. The Morgan fingerprint density at radius 1 is 0.909 bits per heavy atom. The highest BCUT2D eigenvalue weighted by atomic mass is 15.3. The normalized spacial score (nSPS) is 14.4. The number of benzene rings is 2. The van der Waals surface area contributed by atoms with Gasteiger partial charge in [-0.15, -0.1) is 0 Å². The van der Waals surface area contributed by atoms with E-state index >= 15 is 0 Å². The van der Waals surface area contributed by atoms with Crippen LogP contribution in [0, 0.1) is 13.8 Å². The third-order valence-electron chi connectivity index (χ3n) is 4.15. The lowest BCUT2D eigenvalue weighted by Crippen LogP contribution is -2.38. The first-order valence-corrected chi connectivity index (χ1v) is 7.79. The predicted octanol–water partition coefficient (Wildman–Crippen LogP) is 3.28. The fourth-order valence-corrected chi connectivity index (χ4v) is 2.69. The van der Waals surface area contributed by atoms with Gasteiger partial charge in [-0.2, -0.15) is 0 Å². The molecule has 3 heteroatoms. The number of rotatable bonds is 3. The van der Waals surface area contributed by atoms with Crippen LogP contribution in [0.4, 0.5) is 0 Å². The van der Waals surface area contributed by atoms with Crippen LogP contribution in [0.15, 0.2) is 53.5 Å². The SMILES string of the molecule is Cc1ccc(C(NC2=NCCN2C)c2ccc(C)cc2)cc1. The molecule has 0 amide bonds. The van der Waals surface area contributed by atoms with E-state index in [1.807, 2.05) is 0 Å². The van der Waals surface area contributed by atoms with Gasteiger partial charge in [0.15, 0.2) is 5.96 Å². The van der Waals surface area contributed by atoms with Crippen molar-refractivity contribution in [3.8, 4) is 0 Å². The second kappa shape index (κ2) is 6.22. The minimum absolute atomic E-state index is 0.125. The van der Waals surface area contributed by atoms with Gasteiger partial charge in [0.25, 0.3) is 0 Å². The molecule has 0 saturated heterocycles. The van der Waals surface area contributed by atoms with E-state index in [2.05, 4.69) is 84.6 Å². The van der Waals surface area contributed by atoms with Crippen LogP contribution in [0.25, 0.3) is 0 Å². The van der Waals surface area contributed by atoms with Crippen LogP contribution in [0.3, 0.4) is 0 Å². The molecule has 0 fully saturated rings. The Morgan fingerprint density at radius 2 is 1.41 bits per heavy atom. The average Bonchev–Trinajstić information content (AvgIpc) is 2.92. The molecule has 3 nitrogen and oxygen atoms in total. The number of aliphatic imine (C=N–C) groups is 1. The first-order valence-electron chi connectivity index (χ1n) is 7.79. The van der Waals surface area contributed by atoms with Crippen LogP contribution in [0.1, 0.15) is 28.3 Å². The van der Waals surface area contributed by atoms with Gasteiger partial charge in [-0.3, -0.25) is 4.99 Å². The highest BCUT2D eigenvalue weighted by molar-refractivity contribution is 5.82. The Kier molecular flexibility index (Phi) is 4.14. The molecule has 2 aromatic rings. The number of aryl methyl sites for hydroxylation is 2. The molecule has 0 unspecified atom stereocenters. The maximum Gasteiger partial charge on any atom is 0.194 e. The Labute approximate surface area is 132 Å². The third-order valence-corrected chi connectivity index (χ3v) is 4.15. The topological polar surface area (TPSA) is 27.6 Å². The minimum atomic E-state index is 0.125. The minimum Gasteiger partial charge on any atom is -0.345 e. The van der Waals surface area contributed by atoms with Gasteiger partial charge in [-0.05, 0) is 25.0 Å². The standard InChI is InChI=1S/C19H23N3/c1-14-4-8-16(9-5-14)18(17-10-6-15(2)7-11-17)21-19-20-12-13-22(19)3/h4-11,18H,12-13H2,1-3H3,(H,20,21). The number of hydrogen-bond donors (Lipinski definition) is 1. The molecule has 2 aromatic carbocycles. The summed E-state index contributed by atoms with van der Waals surface area (Å²) in [5.74, 6) is 0.978. The van der Waals surface area contributed by atoms with Gasteiger partial charge in [0.2, 0.25) is 0 Å². The number of guanidine groups is 1. The van der Waals surface area contributed by atoms with E-state index in [-0.39, 0.29) is 6.04 Å². The highest BCUT2D eigenvalue weighted by Gasteiger charge is 2.20. The molecule has 0 saturated carbocycles. The van der Waals surface area contributed by atoms with Gasteiger partial charge in [-0.25, -0.2) is 0 Å². The predicted molar refractivity (Wildman–Crippen MR) is 92.3 cm³/mol. The van der Waals surface area contributed by atoms with Crippen molar-refractivity contribution < 1.29 is 0 Å². The Hall–Kier alpha value is -2.29. The average molecular weight is 293 g/mol. The number of hydrogen-bond acceptors (Lipinski definition) is 3. The van der Waals surface area contributed by atoms with E-state index in [9.17, 15) is 0 Å². The molecule has 3 rings (SSSR count). The van der Waals surface area contributed by atoms with Crippen LogP contribution in [0.5, 0.6) is 0 Å². The first-order chi connectivity index (χ1) is 10.6. The largest absolute Gasteiger partial charge is 0.345 e. The molecule has 0 radical (unpaired) electrons. The van der Waals surface area contributed by atoms with Gasteiger partial charge in [0, 0.05) is 13.6 Å². The summed E-state index contributed by atoms with van der Waals surface area (Å²) in [6.07, 6.45) is 0. The molecule has 1 heterocycles. The molecule has 114 valence electrons. The van der Waals surface area contributed by atoms with Crippen LogP contribution < -0.4 is 5.32 Å². The lowest BCUT2D eigenvalue weighted by molar-refractivity contribution is 0.525. The van der Waals surface area contributed by atoms with Crippen molar-refractivity contribution in [2.45, 2.75) is 19.9 Å². The van der Waals surface area contributed by atoms with Crippen LogP contribution >= 0.6 is 0 Å². The number of likely N-dealkylation sites (N-methyl/N-ethyl adjacent to an activating group) is 1. The molecule has 0 aliphatic carbocycles. The van der Waals surface area contributed by atoms with E-state index in [4.69, 9.17) is 0 Å². The molecule has 0 spiro atoms. The zero-order valence-electron chi connectivity index (χ0n) is 13.5. The number of nitrogens with zero attached hydrogens (tertiary/aromatic N) is 2. The second-order valence-corrected chi connectivity index (χ2v) is 6.03. The fourth-order valence-electron chi connectivity index (χ4n) is 2.69. The summed E-state index contributed by atoms with van der Waals surface area (Å²) in [5.41, 5.74) is 5.08. The van der Waals surface area contributed by atoms with Gasteiger partial charge in [0.05, 0.1) is 12.6 Å². The Balaban J connectivity index is 1.94. The summed E-state index contributed by atoms with van der Waals surface area (Å²) in [6, 6.07) is 17.6. The van der Waals surface area contributed by atoms with E-state index < -0.39 is 0 Å². The Bertz CT molecular complexity index is 611. The summed E-state index contributed by atoms with van der Waals surface area (Å²) in [6.45, 7) is 6.09. The van der Waals surface area contributed by atoms with Crippen molar-refractivity contribution in [2.24, 2.45) is 4.99 Å². The van der Waals surface area contributed by atoms with Crippen molar-refractivity contribution >= 4 is 5.96 Å². The molecular formula is C19H23N3. The second-order valence-electron chi connectivity index (χ2n) is 6.03. The van der Waals surface area contributed by atoms with Crippen LogP contribution in [-0.2, 0) is 0 Å². The molecule has 0 atom stereocenters. The van der Waals surface area contributed by atoms with E-state index in [0.29, 0.717) is 0 Å². The smallest absolute Gasteiger partial charge is 0.194 e. The van der Waals surface area contributed by atoms with Gasteiger partial charge < -0.3 is 10.2 Å². The van der Waals surface area contributed by atoms with E-state index in [0.717, 1.165) is 19.0 Å². The van der Waals surface area contributed by atoms with Crippen molar-refractivity contribution in [1.82, 2.24) is 10.2 Å². The van der Waals surface area contributed by atoms with Gasteiger partial charge in [-0.1, -0.05) is 59.7 Å². The van der Waals surface area contributed by atoms with Gasteiger partial charge >= 0.3 is 0 Å². The molecule has 0 bridgehead atoms. The number of nitrogens with one attached hydrogen (secondary N) is 1. The summed E-state index contributed by atoms with van der Waals surface area (Å²) in [7, 11) is 2.08. The zero-order valence-corrected chi connectivity index (χ0v) is 13.5. The van der Waals surface area contributed by atoms with Crippen molar-refractivity contribution in [2.75, 3.05) is 20.1 Å². The van der Waals surface area contributed by atoms with Crippen molar-refractivity contribution in [1.29, 1.82) is 0 Å². The Morgan fingerprint density at radius 3 is 1.82 bits per heavy atom. The summed E-state index contributed by atoms with van der Waals surface area (Å²) >= 11 is 0. The summed E-state index contributed by atoms with van der Waals surface area (Å²) in [5, 5.41) is 3.61. The lowest BCUT2D eigenvalue weighted by Gasteiger charge is -2.24. The monoisotopic (exact) mass is 293 g/mol. The van der Waals surface area contributed by atoms with Crippen molar-refractivity contribution in [3.05, 3.63) is 70.8 Å². The first kappa shape index (κ1) is 14.6. The quantitative estimate of drug-likeness (QED) is 0.940. The maximum atomic E-state index is 4.57. The van der Waals surface area contributed by atoms with Crippen LogP contribution in [0.2, 0.25) is 0 Å². The molecule has 0 aromatic heterocycles. The van der Waals surface area contributed by atoms with E-state index in [1.165, 1.54) is 22.3 Å². The maximum absolute atomic E-state index is 4.57. The van der Waals surface area contributed by atoms with Crippen LogP contribution in [-0.4, -0.2) is 31.0 Å². The highest BCUT2D eigenvalue weighted by Crippen LogP contribution is 2.23.